The number of hydrogen-bond donors (Lipinski definition) is 2. The van der Waals surface area contributed by atoms with Crippen molar-refractivity contribution in [2.75, 3.05) is 5.73 Å². The van der Waals surface area contributed by atoms with Crippen LogP contribution in [0.15, 0.2) is 45.3 Å². The summed E-state index contributed by atoms with van der Waals surface area (Å²) in [6, 6.07) is 6.13. The molecule has 2 rings (SSSR count). The lowest BCUT2D eigenvalue weighted by atomic mass is 10.2. The maximum Gasteiger partial charge on any atom is 0.346 e. The average Bonchev–Trinajstić information content (AvgIpc) is 2.43. The van der Waals surface area contributed by atoms with E-state index >= 15 is 0 Å². The quantitative estimate of drug-likeness (QED) is 0.386. The summed E-state index contributed by atoms with van der Waals surface area (Å²) in [5.74, 6) is 0.0917. The molecule has 8 nitrogen and oxygen atoms in total. The molecule has 0 unspecified atom stereocenters. The number of carbonyl (C=O) groups is 1. The highest BCUT2D eigenvalue weighted by atomic mass is 32.2. The maximum absolute atomic E-state index is 12.0. The third kappa shape index (κ3) is 3.16. The molecule has 0 bridgehead atoms. The number of benzene rings is 1. The first-order valence-corrected chi connectivity index (χ1v) is 6.14. The molecular formula is C11H8N6O2S. The van der Waals surface area contributed by atoms with Crippen LogP contribution in [0.5, 0.6) is 0 Å². The first kappa shape index (κ1) is 13.7. The predicted octanol–water partition coefficient (Wildman–Crippen LogP) is 2.23. The van der Waals surface area contributed by atoms with Gasteiger partial charge in [0.05, 0.1) is 11.1 Å². The van der Waals surface area contributed by atoms with Crippen LogP contribution in [0.3, 0.4) is 0 Å². The second-order valence-corrected chi connectivity index (χ2v) is 4.61. The summed E-state index contributed by atoms with van der Waals surface area (Å²) in [5, 5.41) is 3.14. The van der Waals surface area contributed by atoms with Crippen molar-refractivity contribution >= 4 is 28.4 Å². The number of hydrogen-bond acceptors (Lipinski definition) is 6. The van der Waals surface area contributed by atoms with E-state index in [0.29, 0.717) is 16.1 Å². The lowest BCUT2D eigenvalue weighted by Crippen LogP contribution is -2.12. The molecule has 20 heavy (non-hydrogen) atoms. The molecule has 1 aromatic heterocycles. The Bertz CT molecular complexity index is 748. The zero-order chi connectivity index (χ0) is 14.5. The number of nitrogens with zero attached hydrogens (tertiary/aromatic N) is 4. The number of nitrogens with two attached hydrogens (primary N) is 1. The van der Waals surface area contributed by atoms with Gasteiger partial charge in [0.2, 0.25) is 5.12 Å². The molecular weight excluding hydrogens is 280 g/mol. The minimum Gasteiger partial charge on any atom is -0.384 e. The van der Waals surface area contributed by atoms with E-state index in [1.165, 1.54) is 30.5 Å². The second-order valence-electron chi connectivity index (χ2n) is 3.59. The van der Waals surface area contributed by atoms with Crippen LogP contribution in [0.1, 0.15) is 10.4 Å². The molecule has 0 aliphatic rings. The summed E-state index contributed by atoms with van der Waals surface area (Å²) in [5.41, 5.74) is 14.1. The van der Waals surface area contributed by atoms with Crippen molar-refractivity contribution in [3.8, 4) is 0 Å². The van der Waals surface area contributed by atoms with E-state index in [1.807, 2.05) is 0 Å². The molecule has 0 radical (unpaired) electrons. The molecule has 0 aliphatic carbocycles. The molecule has 0 spiro atoms. The third-order valence-electron chi connectivity index (χ3n) is 2.27. The molecule has 9 heteroatoms. The molecule has 0 fully saturated rings. The summed E-state index contributed by atoms with van der Waals surface area (Å²) in [6.45, 7) is 0. The summed E-state index contributed by atoms with van der Waals surface area (Å²) < 4.78 is 0. The van der Waals surface area contributed by atoms with Crippen LogP contribution in [0, 0.1) is 0 Å². The van der Waals surface area contributed by atoms with E-state index < -0.39 is 5.69 Å². The molecule has 1 aromatic carbocycles. The zero-order valence-electron chi connectivity index (χ0n) is 9.98. The Morgan fingerprint density at radius 1 is 1.40 bits per heavy atom. The van der Waals surface area contributed by atoms with Crippen LogP contribution >= 0.6 is 11.8 Å². The number of aromatic nitrogens is 2. The van der Waals surface area contributed by atoms with E-state index in [-0.39, 0.29) is 10.9 Å². The van der Waals surface area contributed by atoms with Gasteiger partial charge in [0.25, 0.3) is 0 Å². The number of azide groups is 1. The van der Waals surface area contributed by atoms with E-state index in [4.69, 9.17) is 11.3 Å². The first-order valence-electron chi connectivity index (χ1n) is 5.32. The van der Waals surface area contributed by atoms with Crippen LogP contribution in [-0.2, 0) is 0 Å². The van der Waals surface area contributed by atoms with Gasteiger partial charge in [-0.15, -0.1) is 0 Å². The van der Waals surface area contributed by atoms with Crippen LogP contribution in [0.2, 0.25) is 0 Å². The summed E-state index contributed by atoms with van der Waals surface area (Å²) in [6.07, 6.45) is 1.24. The van der Waals surface area contributed by atoms with Gasteiger partial charge in [-0.2, -0.15) is 0 Å². The van der Waals surface area contributed by atoms with Gasteiger partial charge in [0.1, 0.15) is 5.82 Å². The first-order chi connectivity index (χ1) is 9.60. The van der Waals surface area contributed by atoms with Crippen LogP contribution in [0.4, 0.5) is 11.5 Å². The van der Waals surface area contributed by atoms with Crippen LogP contribution < -0.4 is 11.4 Å². The molecule has 1 heterocycles. The van der Waals surface area contributed by atoms with E-state index in [9.17, 15) is 9.59 Å². The number of H-pyrrole nitrogens is 1. The van der Waals surface area contributed by atoms with Crippen molar-refractivity contribution in [1.29, 1.82) is 0 Å². The highest BCUT2D eigenvalue weighted by molar-refractivity contribution is 8.14. The lowest BCUT2D eigenvalue weighted by molar-refractivity contribution is 0.108. The fraction of sp³-hybridized carbons (Fsp3) is 0. The molecule has 0 saturated carbocycles. The van der Waals surface area contributed by atoms with Crippen molar-refractivity contribution in [2.45, 2.75) is 4.90 Å². The number of thioether (sulfide) groups is 1. The molecule has 0 aliphatic heterocycles. The number of aromatic amines is 1. The van der Waals surface area contributed by atoms with Crippen molar-refractivity contribution < 1.29 is 4.79 Å². The number of nitrogen functional groups attached to an aromatic ring is 1. The van der Waals surface area contributed by atoms with Gasteiger partial charge in [-0.05, 0) is 17.3 Å². The zero-order valence-corrected chi connectivity index (χ0v) is 10.8. The molecule has 0 saturated heterocycles. The smallest absolute Gasteiger partial charge is 0.346 e. The van der Waals surface area contributed by atoms with Crippen molar-refractivity contribution in [2.24, 2.45) is 5.11 Å². The van der Waals surface area contributed by atoms with E-state index in [2.05, 4.69) is 20.0 Å². The normalized spacial score (nSPS) is 9.80. The lowest BCUT2D eigenvalue weighted by Gasteiger charge is -2.03. The Kier molecular flexibility index (Phi) is 4.04. The monoisotopic (exact) mass is 288 g/mol. The average molecular weight is 288 g/mol. The Hall–Kier alpha value is -2.77. The van der Waals surface area contributed by atoms with Gasteiger partial charge in [0, 0.05) is 16.2 Å². The number of carbonyl (C=O) groups excluding carboxylic acids is 1. The standard InChI is InChI=1S/C11H8N6O2S/c12-9-8(5-14-11(19)15-9)20-10(18)6-1-3-7(4-2-6)16-17-13/h1-5H,(H3,12,14,15,19). The minimum atomic E-state index is -0.571. The van der Waals surface area contributed by atoms with E-state index in [1.54, 1.807) is 0 Å². The SMILES string of the molecule is [N-]=[N+]=Nc1ccc(C(=O)Sc2cnc(=O)[nH]c2N)cc1. The Labute approximate surface area is 116 Å². The Balaban J connectivity index is 2.19. The third-order valence-corrected chi connectivity index (χ3v) is 3.24. The maximum atomic E-state index is 12.0. The van der Waals surface area contributed by atoms with Gasteiger partial charge >= 0.3 is 5.69 Å². The van der Waals surface area contributed by atoms with Crippen molar-refractivity contribution in [1.82, 2.24) is 9.97 Å². The summed E-state index contributed by atoms with van der Waals surface area (Å²) in [7, 11) is 0. The number of anilines is 1. The molecule has 0 amide bonds. The van der Waals surface area contributed by atoms with Gasteiger partial charge in [-0.3, -0.25) is 9.78 Å². The second kappa shape index (κ2) is 5.91. The topological polar surface area (TPSA) is 138 Å². The predicted molar refractivity (Wildman–Crippen MR) is 74.7 cm³/mol. The summed E-state index contributed by atoms with van der Waals surface area (Å²) >= 11 is 0.851. The molecule has 2 aromatic rings. The van der Waals surface area contributed by atoms with Crippen molar-refractivity contribution in [3.05, 3.63) is 57.0 Å². The molecule has 3 N–H and O–H groups in total. The summed E-state index contributed by atoms with van der Waals surface area (Å²) in [4.78, 5) is 31.7. The van der Waals surface area contributed by atoms with Gasteiger partial charge in [-0.1, -0.05) is 29.4 Å². The van der Waals surface area contributed by atoms with Crippen molar-refractivity contribution in [3.63, 3.8) is 0 Å². The van der Waals surface area contributed by atoms with Crippen LogP contribution in [-0.4, -0.2) is 15.1 Å². The number of nitrogens with one attached hydrogen (secondary N) is 1. The van der Waals surface area contributed by atoms with Gasteiger partial charge in [-0.25, -0.2) is 9.78 Å². The molecule has 0 atom stereocenters. The highest BCUT2D eigenvalue weighted by Gasteiger charge is 2.11. The number of rotatable bonds is 3. The van der Waals surface area contributed by atoms with Gasteiger partial charge in [0.15, 0.2) is 0 Å². The minimum absolute atomic E-state index is 0.0917. The Morgan fingerprint density at radius 3 is 2.70 bits per heavy atom. The fourth-order valence-electron chi connectivity index (χ4n) is 1.35. The molecule has 100 valence electrons. The highest BCUT2D eigenvalue weighted by Crippen LogP contribution is 2.26. The Morgan fingerprint density at radius 2 is 2.10 bits per heavy atom. The van der Waals surface area contributed by atoms with Crippen LogP contribution in [0.25, 0.3) is 10.4 Å². The largest absolute Gasteiger partial charge is 0.384 e. The van der Waals surface area contributed by atoms with E-state index in [0.717, 1.165) is 11.8 Å². The van der Waals surface area contributed by atoms with Gasteiger partial charge < -0.3 is 5.73 Å². The fourth-order valence-corrected chi connectivity index (χ4v) is 2.07.